The van der Waals surface area contributed by atoms with Crippen LogP contribution in [0.15, 0.2) is 49.1 Å². The van der Waals surface area contributed by atoms with Crippen LogP contribution < -0.4 is 0 Å². The highest BCUT2D eigenvalue weighted by molar-refractivity contribution is 5.62. The van der Waals surface area contributed by atoms with Crippen LogP contribution >= 0.6 is 0 Å². The van der Waals surface area contributed by atoms with Gasteiger partial charge in [0.2, 0.25) is 0 Å². The first-order chi connectivity index (χ1) is 7.81. The van der Waals surface area contributed by atoms with Gasteiger partial charge in [0.25, 0.3) is 0 Å². The van der Waals surface area contributed by atoms with E-state index in [9.17, 15) is 0 Å². The lowest BCUT2D eigenvalue weighted by atomic mass is 10.2. The summed E-state index contributed by atoms with van der Waals surface area (Å²) in [4.78, 5) is 4.42. The highest BCUT2D eigenvalue weighted by Gasteiger charge is 2.05. The van der Waals surface area contributed by atoms with Gasteiger partial charge in [0.15, 0.2) is 11.6 Å². The number of benzene rings is 1. The van der Waals surface area contributed by atoms with E-state index in [-0.39, 0.29) is 0 Å². The third-order valence-electron chi connectivity index (χ3n) is 2.25. The van der Waals surface area contributed by atoms with Gasteiger partial charge < -0.3 is 0 Å². The number of hydrogen-bond acceptors (Lipinski definition) is 2. The quantitative estimate of drug-likeness (QED) is 0.793. The zero-order chi connectivity index (χ0) is 11.4. The van der Waals surface area contributed by atoms with Gasteiger partial charge in [0, 0.05) is 5.56 Å². The van der Waals surface area contributed by atoms with Crippen molar-refractivity contribution >= 4 is 5.57 Å². The molecule has 0 unspecified atom stereocenters. The average molecular weight is 211 g/mol. The fraction of sp³-hybridized carbons (Fsp3) is 0.0769. The standard InChI is InChI=1S/C13H13N3/c1-3-7-10(2)12-14-13(16-15-12)11-8-5-4-6-9-11/h3-9H,1H2,2H3,(H,14,15,16)/b10-7+. The van der Waals surface area contributed by atoms with Gasteiger partial charge in [-0.3, -0.25) is 5.10 Å². The molecule has 1 heterocycles. The molecule has 0 radical (unpaired) electrons. The topological polar surface area (TPSA) is 41.6 Å². The molecule has 1 N–H and O–H groups in total. The summed E-state index contributed by atoms with van der Waals surface area (Å²) in [7, 11) is 0. The smallest absolute Gasteiger partial charge is 0.177 e. The van der Waals surface area contributed by atoms with Crippen LogP contribution in [0.2, 0.25) is 0 Å². The van der Waals surface area contributed by atoms with E-state index in [1.54, 1.807) is 6.08 Å². The molecule has 0 aliphatic carbocycles. The molecule has 0 saturated heterocycles. The monoisotopic (exact) mass is 211 g/mol. The molecule has 2 aromatic rings. The molecule has 0 amide bonds. The normalized spacial score (nSPS) is 11.4. The molecule has 80 valence electrons. The number of rotatable bonds is 3. The molecule has 2 rings (SSSR count). The molecule has 0 spiro atoms. The van der Waals surface area contributed by atoms with Crippen molar-refractivity contribution in [1.82, 2.24) is 15.2 Å². The largest absolute Gasteiger partial charge is 0.259 e. The van der Waals surface area contributed by atoms with Crippen LogP contribution in [-0.2, 0) is 0 Å². The highest BCUT2D eigenvalue weighted by atomic mass is 15.2. The number of allylic oxidation sites excluding steroid dienone is 3. The third kappa shape index (κ3) is 2.08. The van der Waals surface area contributed by atoms with E-state index in [0.717, 1.165) is 17.0 Å². The van der Waals surface area contributed by atoms with Crippen LogP contribution in [0.1, 0.15) is 12.7 Å². The van der Waals surface area contributed by atoms with Crippen LogP contribution in [0.5, 0.6) is 0 Å². The molecule has 0 aliphatic heterocycles. The molecule has 1 aromatic heterocycles. The van der Waals surface area contributed by atoms with Gasteiger partial charge in [0.1, 0.15) is 0 Å². The molecule has 0 atom stereocenters. The van der Waals surface area contributed by atoms with Gasteiger partial charge in [-0.05, 0) is 12.5 Å². The van der Waals surface area contributed by atoms with Crippen LogP contribution in [0.4, 0.5) is 0 Å². The summed E-state index contributed by atoms with van der Waals surface area (Å²) in [6.07, 6.45) is 3.62. The van der Waals surface area contributed by atoms with E-state index in [2.05, 4.69) is 21.8 Å². The van der Waals surface area contributed by atoms with Crippen molar-refractivity contribution in [1.29, 1.82) is 0 Å². The Morgan fingerprint density at radius 3 is 2.75 bits per heavy atom. The third-order valence-corrected chi connectivity index (χ3v) is 2.25. The molecule has 3 nitrogen and oxygen atoms in total. The van der Waals surface area contributed by atoms with Gasteiger partial charge in [0.05, 0.1) is 0 Å². The van der Waals surface area contributed by atoms with Gasteiger partial charge in [-0.25, -0.2) is 4.98 Å². The number of nitrogens with one attached hydrogen (secondary N) is 1. The van der Waals surface area contributed by atoms with E-state index in [1.165, 1.54) is 0 Å². The number of H-pyrrole nitrogens is 1. The fourth-order valence-corrected chi connectivity index (χ4v) is 1.41. The molecule has 0 bridgehead atoms. The molecule has 0 saturated carbocycles. The summed E-state index contributed by atoms with van der Waals surface area (Å²) < 4.78 is 0. The van der Waals surface area contributed by atoms with Crippen molar-refractivity contribution in [3.63, 3.8) is 0 Å². The van der Waals surface area contributed by atoms with Crippen molar-refractivity contribution in [2.24, 2.45) is 0 Å². The predicted molar refractivity (Wildman–Crippen MR) is 65.7 cm³/mol. The van der Waals surface area contributed by atoms with Crippen LogP contribution in [-0.4, -0.2) is 15.2 Å². The Morgan fingerprint density at radius 1 is 1.31 bits per heavy atom. The minimum atomic E-state index is 0.707. The highest BCUT2D eigenvalue weighted by Crippen LogP contribution is 2.16. The van der Waals surface area contributed by atoms with Gasteiger partial charge in [-0.1, -0.05) is 49.1 Å². The second-order valence-electron chi connectivity index (χ2n) is 3.46. The summed E-state index contributed by atoms with van der Waals surface area (Å²) in [5, 5.41) is 7.08. The van der Waals surface area contributed by atoms with E-state index in [0.29, 0.717) is 5.82 Å². The number of aromatic nitrogens is 3. The van der Waals surface area contributed by atoms with E-state index in [1.807, 2.05) is 43.3 Å². The van der Waals surface area contributed by atoms with Gasteiger partial charge in [-0.15, -0.1) is 0 Å². The molecule has 16 heavy (non-hydrogen) atoms. The zero-order valence-electron chi connectivity index (χ0n) is 9.14. The minimum absolute atomic E-state index is 0.707. The van der Waals surface area contributed by atoms with E-state index >= 15 is 0 Å². The first-order valence-corrected chi connectivity index (χ1v) is 5.09. The van der Waals surface area contributed by atoms with Crippen molar-refractivity contribution in [2.45, 2.75) is 6.92 Å². The molecular weight excluding hydrogens is 198 g/mol. The first kappa shape index (κ1) is 10.4. The minimum Gasteiger partial charge on any atom is -0.259 e. The SMILES string of the molecule is C=C/C=C(\C)c1n[nH]c(-c2ccccc2)n1. The number of aromatic amines is 1. The molecule has 0 fully saturated rings. The Labute approximate surface area is 94.6 Å². The fourth-order valence-electron chi connectivity index (χ4n) is 1.41. The van der Waals surface area contributed by atoms with Crippen molar-refractivity contribution in [3.8, 4) is 11.4 Å². The summed E-state index contributed by atoms with van der Waals surface area (Å²) in [5.74, 6) is 1.49. The average Bonchev–Trinajstić information content (AvgIpc) is 2.80. The maximum Gasteiger partial charge on any atom is 0.177 e. The summed E-state index contributed by atoms with van der Waals surface area (Å²) in [6.45, 7) is 5.61. The van der Waals surface area contributed by atoms with E-state index < -0.39 is 0 Å². The maximum absolute atomic E-state index is 4.42. The van der Waals surface area contributed by atoms with Gasteiger partial charge in [-0.2, -0.15) is 5.10 Å². The van der Waals surface area contributed by atoms with Crippen molar-refractivity contribution in [2.75, 3.05) is 0 Å². The van der Waals surface area contributed by atoms with Gasteiger partial charge >= 0.3 is 0 Å². The van der Waals surface area contributed by atoms with Crippen LogP contribution in [0.25, 0.3) is 17.0 Å². The van der Waals surface area contributed by atoms with Crippen molar-refractivity contribution < 1.29 is 0 Å². The summed E-state index contributed by atoms with van der Waals surface area (Å²) in [6, 6.07) is 9.92. The first-order valence-electron chi connectivity index (χ1n) is 5.09. The summed E-state index contributed by atoms with van der Waals surface area (Å²) in [5.41, 5.74) is 2.03. The Morgan fingerprint density at radius 2 is 2.06 bits per heavy atom. The molecular formula is C13H13N3. The number of hydrogen-bond donors (Lipinski definition) is 1. The lowest BCUT2D eigenvalue weighted by Crippen LogP contribution is -1.82. The molecule has 3 heteroatoms. The maximum atomic E-state index is 4.42. The van der Waals surface area contributed by atoms with Crippen LogP contribution in [0.3, 0.4) is 0 Å². The second kappa shape index (κ2) is 4.57. The Hall–Kier alpha value is -2.16. The van der Waals surface area contributed by atoms with E-state index in [4.69, 9.17) is 0 Å². The molecule has 0 aliphatic rings. The Kier molecular flexibility index (Phi) is 2.96. The van der Waals surface area contributed by atoms with Crippen LogP contribution in [0, 0.1) is 0 Å². The summed E-state index contributed by atoms with van der Waals surface area (Å²) >= 11 is 0. The second-order valence-corrected chi connectivity index (χ2v) is 3.46. The van der Waals surface area contributed by atoms with Crippen molar-refractivity contribution in [3.05, 3.63) is 54.9 Å². The Balaban J connectivity index is 2.34. The Bertz CT molecular complexity index is 509. The zero-order valence-corrected chi connectivity index (χ0v) is 9.14. The lowest BCUT2D eigenvalue weighted by molar-refractivity contribution is 1.07. The predicted octanol–water partition coefficient (Wildman–Crippen LogP) is 3.06. The number of nitrogens with zero attached hydrogens (tertiary/aromatic N) is 2. The lowest BCUT2D eigenvalue weighted by Gasteiger charge is -1.93. The molecule has 1 aromatic carbocycles.